The predicted octanol–water partition coefficient (Wildman–Crippen LogP) is 5.09. The number of hydrogen-bond acceptors (Lipinski definition) is 6. The third-order valence-corrected chi connectivity index (χ3v) is 4.76. The minimum atomic E-state index is -2.99. The Morgan fingerprint density at radius 3 is 2.57 bits per heavy atom. The van der Waals surface area contributed by atoms with Crippen molar-refractivity contribution in [2.75, 3.05) is 7.11 Å². The van der Waals surface area contributed by atoms with Gasteiger partial charge in [0.25, 0.3) is 0 Å². The first-order valence-electron chi connectivity index (χ1n) is 8.27. The molecule has 1 aromatic heterocycles. The molecule has 1 heterocycles. The number of rotatable bonds is 7. The van der Waals surface area contributed by atoms with Crippen molar-refractivity contribution in [3.8, 4) is 22.1 Å². The van der Waals surface area contributed by atoms with E-state index in [1.165, 1.54) is 36.6 Å². The molecule has 2 aromatic carbocycles. The first-order valence-corrected chi connectivity index (χ1v) is 9.15. The van der Waals surface area contributed by atoms with E-state index in [4.69, 9.17) is 9.47 Å². The van der Waals surface area contributed by atoms with Gasteiger partial charge >= 0.3 is 12.6 Å². The van der Waals surface area contributed by atoms with Gasteiger partial charge in [0.2, 0.25) is 0 Å². The second-order valence-electron chi connectivity index (χ2n) is 5.83. The third kappa shape index (κ3) is 4.83. The van der Waals surface area contributed by atoms with Crippen LogP contribution in [-0.4, -0.2) is 24.7 Å². The SMILES string of the molecule is COc1cc(C(=O)OCc2csc(-c3ccc(C)cc3)n2)ccc1OC(F)F. The summed E-state index contributed by atoms with van der Waals surface area (Å²) >= 11 is 1.46. The molecule has 0 atom stereocenters. The van der Waals surface area contributed by atoms with E-state index >= 15 is 0 Å². The molecule has 0 radical (unpaired) electrons. The van der Waals surface area contributed by atoms with Gasteiger partial charge in [-0.1, -0.05) is 29.8 Å². The lowest BCUT2D eigenvalue weighted by molar-refractivity contribution is -0.0512. The zero-order chi connectivity index (χ0) is 20.1. The number of benzene rings is 2. The molecule has 0 fully saturated rings. The zero-order valence-electron chi connectivity index (χ0n) is 15.1. The number of aryl methyl sites for hydroxylation is 1. The van der Waals surface area contributed by atoms with Crippen LogP contribution in [0.4, 0.5) is 8.78 Å². The van der Waals surface area contributed by atoms with Crippen molar-refractivity contribution in [3.63, 3.8) is 0 Å². The molecule has 0 N–H and O–H groups in total. The number of esters is 1. The first kappa shape index (κ1) is 19.8. The summed E-state index contributed by atoms with van der Waals surface area (Å²) in [6.07, 6.45) is 0. The van der Waals surface area contributed by atoms with Crippen LogP contribution in [0, 0.1) is 6.92 Å². The van der Waals surface area contributed by atoms with Crippen LogP contribution in [0.1, 0.15) is 21.6 Å². The van der Waals surface area contributed by atoms with Gasteiger partial charge in [0.1, 0.15) is 11.6 Å². The third-order valence-electron chi connectivity index (χ3n) is 3.82. The number of nitrogens with zero attached hydrogens (tertiary/aromatic N) is 1. The molecule has 0 bridgehead atoms. The molecule has 0 aliphatic carbocycles. The molecule has 0 aliphatic rings. The second-order valence-corrected chi connectivity index (χ2v) is 6.69. The Bertz CT molecular complexity index is 957. The maximum absolute atomic E-state index is 12.4. The van der Waals surface area contributed by atoms with E-state index in [1.807, 2.05) is 36.6 Å². The molecule has 0 amide bonds. The van der Waals surface area contributed by atoms with E-state index in [1.54, 1.807) is 0 Å². The van der Waals surface area contributed by atoms with Crippen molar-refractivity contribution in [3.05, 3.63) is 64.7 Å². The normalized spacial score (nSPS) is 10.8. The van der Waals surface area contributed by atoms with Gasteiger partial charge < -0.3 is 14.2 Å². The van der Waals surface area contributed by atoms with Gasteiger partial charge in [-0.2, -0.15) is 8.78 Å². The smallest absolute Gasteiger partial charge is 0.387 e. The maximum Gasteiger partial charge on any atom is 0.387 e. The molecule has 3 aromatic rings. The first-order chi connectivity index (χ1) is 13.5. The predicted molar refractivity (Wildman–Crippen MR) is 101 cm³/mol. The summed E-state index contributed by atoms with van der Waals surface area (Å²) in [4.78, 5) is 16.7. The molecule has 0 unspecified atom stereocenters. The number of methoxy groups -OCH3 is 1. The Kier molecular flexibility index (Phi) is 6.20. The lowest BCUT2D eigenvalue weighted by Crippen LogP contribution is -2.07. The molecule has 0 spiro atoms. The van der Waals surface area contributed by atoms with Crippen molar-refractivity contribution in [2.45, 2.75) is 20.1 Å². The summed E-state index contributed by atoms with van der Waals surface area (Å²) in [5, 5.41) is 2.66. The lowest BCUT2D eigenvalue weighted by Gasteiger charge is -2.11. The standard InChI is InChI=1S/C20H17F2NO4S/c1-12-3-5-13(6-4-12)18-23-15(11-28-18)10-26-19(24)14-7-8-16(27-20(21)22)17(9-14)25-2/h3-9,11,20H,10H2,1-2H3. The highest BCUT2D eigenvalue weighted by Gasteiger charge is 2.15. The highest BCUT2D eigenvalue weighted by molar-refractivity contribution is 7.13. The number of alkyl halides is 2. The van der Waals surface area contributed by atoms with Crippen LogP contribution < -0.4 is 9.47 Å². The van der Waals surface area contributed by atoms with Crippen LogP contribution >= 0.6 is 11.3 Å². The number of carbonyl (C=O) groups is 1. The average molecular weight is 405 g/mol. The fourth-order valence-corrected chi connectivity index (χ4v) is 3.22. The average Bonchev–Trinajstić information content (AvgIpc) is 3.15. The number of halogens is 2. The molecule has 8 heteroatoms. The van der Waals surface area contributed by atoms with Crippen LogP contribution in [0.2, 0.25) is 0 Å². The van der Waals surface area contributed by atoms with Crippen LogP contribution in [-0.2, 0) is 11.3 Å². The Morgan fingerprint density at radius 1 is 1.14 bits per heavy atom. The molecule has 3 rings (SSSR count). The summed E-state index contributed by atoms with van der Waals surface area (Å²) < 4.78 is 39.3. The summed E-state index contributed by atoms with van der Waals surface area (Å²) in [5.41, 5.74) is 2.94. The highest BCUT2D eigenvalue weighted by atomic mass is 32.1. The van der Waals surface area contributed by atoms with Gasteiger partial charge in [-0.25, -0.2) is 9.78 Å². The fourth-order valence-electron chi connectivity index (χ4n) is 2.41. The minimum Gasteiger partial charge on any atom is -0.493 e. The van der Waals surface area contributed by atoms with E-state index in [0.717, 1.165) is 16.1 Å². The van der Waals surface area contributed by atoms with Gasteiger partial charge in [-0.3, -0.25) is 0 Å². The lowest BCUT2D eigenvalue weighted by atomic mass is 10.2. The van der Waals surface area contributed by atoms with E-state index < -0.39 is 12.6 Å². The zero-order valence-corrected chi connectivity index (χ0v) is 16.0. The van der Waals surface area contributed by atoms with Gasteiger partial charge in [0, 0.05) is 10.9 Å². The minimum absolute atomic E-state index is 0.00119. The largest absolute Gasteiger partial charge is 0.493 e. The number of hydrogen-bond donors (Lipinski definition) is 0. The van der Waals surface area contributed by atoms with Crippen molar-refractivity contribution >= 4 is 17.3 Å². The van der Waals surface area contributed by atoms with Crippen molar-refractivity contribution in [2.24, 2.45) is 0 Å². The van der Waals surface area contributed by atoms with Crippen LogP contribution in [0.15, 0.2) is 47.8 Å². The van der Waals surface area contributed by atoms with Crippen molar-refractivity contribution in [1.82, 2.24) is 4.98 Å². The van der Waals surface area contributed by atoms with Gasteiger partial charge in [0.05, 0.1) is 18.4 Å². The Labute approximate surface area is 164 Å². The molecule has 0 saturated heterocycles. The Hall–Kier alpha value is -3.00. The van der Waals surface area contributed by atoms with E-state index in [2.05, 4.69) is 9.72 Å². The number of carbonyl (C=O) groups excluding carboxylic acids is 1. The topological polar surface area (TPSA) is 57.7 Å². The van der Waals surface area contributed by atoms with Gasteiger partial charge in [-0.15, -0.1) is 11.3 Å². The monoisotopic (exact) mass is 405 g/mol. The summed E-state index contributed by atoms with van der Waals surface area (Å²) in [6.45, 7) is -0.977. The molecule has 5 nitrogen and oxygen atoms in total. The molecule has 0 saturated carbocycles. The van der Waals surface area contributed by atoms with Crippen LogP contribution in [0.5, 0.6) is 11.5 Å². The maximum atomic E-state index is 12.4. The van der Waals surface area contributed by atoms with Gasteiger partial charge in [0.15, 0.2) is 11.5 Å². The highest BCUT2D eigenvalue weighted by Crippen LogP contribution is 2.30. The van der Waals surface area contributed by atoms with E-state index in [0.29, 0.717) is 5.69 Å². The summed E-state index contributed by atoms with van der Waals surface area (Å²) in [6, 6.07) is 11.8. The number of thiazole rings is 1. The van der Waals surface area contributed by atoms with Crippen LogP contribution in [0.25, 0.3) is 10.6 Å². The quantitative estimate of drug-likeness (QED) is 0.513. The second kappa shape index (κ2) is 8.79. The fraction of sp³-hybridized carbons (Fsp3) is 0.200. The Balaban J connectivity index is 1.65. The molecule has 0 aliphatic heterocycles. The summed E-state index contributed by atoms with van der Waals surface area (Å²) in [5.74, 6) is -0.756. The molecular formula is C20H17F2NO4S. The van der Waals surface area contributed by atoms with Crippen LogP contribution in [0.3, 0.4) is 0 Å². The van der Waals surface area contributed by atoms with Crippen molar-refractivity contribution in [1.29, 1.82) is 0 Å². The molecule has 28 heavy (non-hydrogen) atoms. The molecule has 146 valence electrons. The Morgan fingerprint density at radius 2 is 1.89 bits per heavy atom. The summed E-state index contributed by atoms with van der Waals surface area (Å²) in [7, 11) is 1.30. The van der Waals surface area contributed by atoms with Gasteiger partial charge in [-0.05, 0) is 25.1 Å². The van der Waals surface area contributed by atoms with E-state index in [-0.39, 0.29) is 23.7 Å². The van der Waals surface area contributed by atoms with Crippen molar-refractivity contribution < 1.29 is 27.8 Å². The molecular weight excluding hydrogens is 388 g/mol. The van der Waals surface area contributed by atoms with E-state index in [9.17, 15) is 13.6 Å². The number of ether oxygens (including phenoxy) is 3. The number of aromatic nitrogens is 1.